The average molecular weight is 470 g/mol. The van der Waals surface area contributed by atoms with Crippen molar-refractivity contribution in [3.63, 3.8) is 0 Å². The van der Waals surface area contributed by atoms with Gasteiger partial charge in [-0.2, -0.15) is 0 Å². The van der Waals surface area contributed by atoms with E-state index in [-0.39, 0.29) is 30.7 Å². The SMILES string of the molecule is CN(CC(=O)Nc1ccc(N2CCOCC2)cc1)CC(=O)N1CCN(c2ccc(F)cc2)CC1. The molecule has 2 saturated heterocycles. The van der Waals surface area contributed by atoms with E-state index in [9.17, 15) is 14.0 Å². The maximum absolute atomic E-state index is 13.1. The van der Waals surface area contributed by atoms with E-state index in [0.717, 1.165) is 43.4 Å². The molecule has 2 aromatic rings. The van der Waals surface area contributed by atoms with E-state index >= 15 is 0 Å². The number of nitrogens with zero attached hydrogens (tertiary/aromatic N) is 4. The summed E-state index contributed by atoms with van der Waals surface area (Å²) in [4.78, 5) is 33.1. The largest absolute Gasteiger partial charge is 0.378 e. The Balaban J connectivity index is 1.19. The molecule has 2 amide bonds. The lowest BCUT2D eigenvalue weighted by Crippen LogP contribution is -2.51. The number of hydrogen-bond acceptors (Lipinski definition) is 6. The van der Waals surface area contributed by atoms with Crippen molar-refractivity contribution in [2.24, 2.45) is 0 Å². The number of ether oxygens (including phenoxy) is 1. The van der Waals surface area contributed by atoms with E-state index in [4.69, 9.17) is 4.74 Å². The maximum atomic E-state index is 13.1. The number of carbonyl (C=O) groups excluding carboxylic acids is 2. The fraction of sp³-hybridized carbons (Fsp3) is 0.440. The Hall–Kier alpha value is -3.17. The van der Waals surface area contributed by atoms with Gasteiger partial charge in [0, 0.05) is 56.3 Å². The third-order valence-corrected chi connectivity index (χ3v) is 6.17. The number of halogens is 1. The second-order valence-corrected chi connectivity index (χ2v) is 8.71. The highest BCUT2D eigenvalue weighted by Gasteiger charge is 2.22. The minimum absolute atomic E-state index is 0.00363. The molecule has 0 atom stereocenters. The normalized spacial score (nSPS) is 16.6. The van der Waals surface area contributed by atoms with Crippen molar-refractivity contribution in [2.45, 2.75) is 0 Å². The second-order valence-electron chi connectivity index (χ2n) is 8.71. The van der Waals surface area contributed by atoms with Gasteiger partial charge in [-0.3, -0.25) is 14.5 Å². The molecule has 4 rings (SSSR count). The fourth-order valence-corrected chi connectivity index (χ4v) is 4.28. The molecule has 2 heterocycles. The quantitative estimate of drug-likeness (QED) is 0.668. The van der Waals surface area contributed by atoms with Crippen LogP contribution in [0.5, 0.6) is 0 Å². The first kappa shape index (κ1) is 24.0. The summed E-state index contributed by atoms with van der Waals surface area (Å²) in [6, 6.07) is 14.2. The third kappa shape index (κ3) is 6.45. The number of anilines is 3. The molecule has 34 heavy (non-hydrogen) atoms. The highest BCUT2D eigenvalue weighted by atomic mass is 19.1. The van der Waals surface area contributed by atoms with Gasteiger partial charge in [0.1, 0.15) is 5.82 Å². The summed E-state index contributed by atoms with van der Waals surface area (Å²) >= 11 is 0. The molecule has 0 aliphatic carbocycles. The van der Waals surface area contributed by atoms with Gasteiger partial charge in [-0.15, -0.1) is 0 Å². The molecule has 2 aliphatic rings. The van der Waals surface area contributed by atoms with E-state index < -0.39 is 0 Å². The number of amides is 2. The molecule has 8 nitrogen and oxygen atoms in total. The van der Waals surface area contributed by atoms with Crippen LogP contribution in [0.4, 0.5) is 21.5 Å². The van der Waals surface area contributed by atoms with Crippen LogP contribution in [0.1, 0.15) is 0 Å². The molecule has 182 valence electrons. The topological polar surface area (TPSA) is 68.4 Å². The summed E-state index contributed by atoms with van der Waals surface area (Å²) < 4.78 is 18.5. The summed E-state index contributed by atoms with van der Waals surface area (Å²) in [5.74, 6) is -0.408. The third-order valence-electron chi connectivity index (χ3n) is 6.17. The summed E-state index contributed by atoms with van der Waals surface area (Å²) in [6.07, 6.45) is 0. The molecule has 0 unspecified atom stereocenters. The monoisotopic (exact) mass is 469 g/mol. The van der Waals surface area contributed by atoms with Gasteiger partial charge in [-0.25, -0.2) is 4.39 Å². The van der Waals surface area contributed by atoms with Crippen molar-refractivity contribution in [3.05, 3.63) is 54.3 Å². The fourth-order valence-electron chi connectivity index (χ4n) is 4.28. The van der Waals surface area contributed by atoms with Gasteiger partial charge in [-0.05, 0) is 55.6 Å². The predicted molar refractivity (Wildman–Crippen MR) is 131 cm³/mol. The smallest absolute Gasteiger partial charge is 0.238 e. The van der Waals surface area contributed by atoms with E-state index in [1.807, 2.05) is 29.2 Å². The summed E-state index contributed by atoms with van der Waals surface area (Å²) in [5.41, 5.74) is 2.81. The first-order chi connectivity index (χ1) is 16.5. The van der Waals surface area contributed by atoms with Gasteiger partial charge in [-0.1, -0.05) is 0 Å². The highest BCUT2D eigenvalue weighted by Crippen LogP contribution is 2.19. The predicted octanol–water partition coefficient (Wildman–Crippen LogP) is 1.88. The van der Waals surface area contributed by atoms with Crippen LogP contribution < -0.4 is 15.1 Å². The molecule has 0 aromatic heterocycles. The van der Waals surface area contributed by atoms with E-state index in [1.165, 1.54) is 12.1 Å². The van der Waals surface area contributed by atoms with Crippen LogP contribution in [-0.2, 0) is 14.3 Å². The van der Waals surface area contributed by atoms with Crippen LogP contribution in [0, 0.1) is 5.82 Å². The Bertz CT molecular complexity index is 956. The molecular formula is C25H32FN5O3. The Labute approximate surface area is 199 Å². The van der Waals surface area contributed by atoms with Crippen molar-refractivity contribution < 1.29 is 18.7 Å². The van der Waals surface area contributed by atoms with Crippen molar-refractivity contribution in [1.82, 2.24) is 9.80 Å². The Morgan fingerprint density at radius 1 is 0.853 bits per heavy atom. The van der Waals surface area contributed by atoms with Gasteiger partial charge in [0.2, 0.25) is 11.8 Å². The summed E-state index contributed by atoms with van der Waals surface area (Å²) in [6.45, 7) is 6.10. The van der Waals surface area contributed by atoms with Crippen LogP contribution in [0.3, 0.4) is 0 Å². The van der Waals surface area contributed by atoms with Gasteiger partial charge >= 0.3 is 0 Å². The molecule has 9 heteroatoms. The summed E-state index contributed by atoms with van der Waals surface area (Å²) in [5, 5.41) is 2.90. The lowest BCUT2D eigenvalue weighted by molar-refractivity contribution is -0.132. The number of hydrogen-bond donors (Lipinski definition) is 1. The standard InChI is InChI=1S/C25H32FN5O3/c1-28(18-24(32)27-21-4-8-23(9-5-21)30-14-16-34-17-15-30)19-25(33)31-12-10-29(11-13-31)22-6-2-20(26)3-7-22/h2-9H,10-19H2,1H3,(H,27,32). The van der Waals surface area contributed by atoms with Crippen LogP contribution in [0.25, 0.3) is 0 Å². The van der Waals surface area contributed by atoms with Crippen LogP contribution in [-0.4, -0.2) is 94.2 Å². The Kier molecular flexibility index (Phi) is 7.97. The number of benzene rings is 2. The van der Waals surface area contributed by atoms with E-state index in [0.29, 0.717) is 26.2 Å². The number of morpholine rings is 1. The van der Waals surface area contributed by atoms with Crippen molar-refractivity contribution >= 4 is 28.9 Å². The highest BCUT2D eigenvalue weighted by molar-refractivity contribution is 5.92. The molecule has 2 fully saturated rings. The minimum atomic E-state index is -0.255. The van der Waals surface area contributed by atoms with Crippen molar-refractivity contribution in [2.75, 3.05) is 87.7 Å². The molecule has 0 radical (unpaired) electrons. The molecule has 1 N–H and O–H groups in total. The number of piperazine rings is 1. The number of likely N-dealkylation sites (N-methyl/N-ethyl adjacent to an activating group) is 1. The number of carbonyl (C=O) groups is 2. The molecule has 0 spiro atoms. The van der Waals surface area contributed by atoms with Gasteiger partial charge < -0.3 is 24.8 Å². The van der Waals surface area contributed by atoms with Crippen LogP contribution in [0.2, 0.25) is 0 Å². The van der Waals surface area contributed by atoms with E-state index in [1.54, 1.807) is 24.1 Å². The van der Waals surface area contributed by atoms with Crippen molar-refractivity contribution in [3.8, 4) is 0 Å². The van der Waals surface area contributed by atoms with Crippen LogP contribution in [0.15, 0.2) is 48.5 Å². The molecule has 2 aliphatic heterocycles. The Morgan fingerprint density at radius 2 is 1.41 bits per heavy atom. The molecule has 0 saturated carbocycles. The first-order valence-corrected chi connectivity index (χ1v) is 11.7. The van der Waals surface area contributed by atoms with E-state index in [2.05, 4.69) is 15.1 Å². The zero-order chi connectivity index (χ0) is 23.9. The number of nitrogens with one attached hydrogen (secondary N) is 1. The zero-order valence-corrected chi connectivity index (χ0v) is 19.6. The van der Waals surface area contributed by atoms with Gasteiger partial charge in [0.05, 0.1) is 26.3 Å². The minimum Gasteiger partial charge on any atom is -0.378 e. The van der Waals surface area contributed by atoms with Crippen molar-refractivity contribution in [1.29, 1.82) is 0 Å². The summed E-state index contributed by atoms with van der Waals surface area (Å²) in [7, 11) is 1.77. The first-order valence-electron chi connectivity index (χ1n) is 11.7. The van der Waals surface area contributed by atoms with Gasteiger partial charge in [0.25, 0.3) is 0 Å². The van der Waals surface area contributed by atoms with Gasteiger partial charge in [0.15, 0.2) is 0 Å². The molecule has 2 aromatic carbocycles. The number of rotatable bonds is 7. The lowest BCUT2D eigenvalue weighted by atomic mass is 10.2. The Morgan fingerprint density at radius 3 is 2.03 bits per heavy atom. The maximum Gasteiger partial charge on any atom is 0.238 e. The zero-order valence-electron chi connectivity index (χ0n) is 19.6. The lowest BCUT2D eigenvalue weighted by Gasteiger charge is -2.36. The molecule has 0 bridgehead atoms. The average Bonchev–Trinajstić information content (AvgIpc) is 2.85. The second kappa shape index (κ2) is 11.3. The molecular weight excluding hydrogens is 437 g/mol. The van der Waals surface area contributed by atoms with Crippen LogP contribution >= 0.6 is 0 Å².